The van der Waals surface area contributed by atoms with Crippen LogP contribution in [0.25, 0.3) is 0 Å². The van der Waals surface area contributed by atoms with Crippen LogP contribution in [0.3, 0.4) is 0 Å². The highest BCUT2D eigenvalue weighted by Gasteiger charge is 2.25. The van der Waals surface area contributed by atoms with Gasteiger partial charge in [0.2, 0.25) is 5.91 Å². The molecule has 0 radical (unpaired) electrons. The lowest BCUT2D eigenvalue weighted by molar-refractivity contribution is -0.132. The average molecular weight is 287 g/mol. The molecule has 3 heterocycles. The van der Waals surface area contributed by atoms with Crippen LogP contribution >= 0.6 is 0 Å². The number of nitrogens with zero attached hydrogens (tertiary/aromatic N) is 3. The molecule has 1 aliphatic heterocycles. The van der Waals surface area contributed by atoms with Crippen LogP contribution in [0.5, 0.6) is 0 Å². The van der Waals surface area contributed by atoms with Gasteiger partial charge in [-0.05, 0) is 31.4 Å². The van der Waals surface area contributed by atoms with Gasteiger partial charge in [-0.15, -0.1) is 0 Å². The molecule has 5 heteroatoms. The smallest absolute Gasteiger partial charge is 0.222 e. The molecule has 1 saturated heterocycles. The highest BCUT2D eigenvalue weighted by atomic mass is 16.3. The molecule has 5 nitrogen and oxygen atoms in total. The van der Waals surface area contributed by atoms with Gasteiger partial charge < -0.3 is 13.9 Å². The maximum atomic E-state index is 12.2. The largest absolute Gasteiger partial charge is 0.448 e. The summed E-state index contributed by atoms with van der Waals surface area (Å²) in [6.45, 7) is 2.56. The molecule has 112 valence electrons. The molecule has 0 N–H and O–H groups in total. The molecule has 0 spiro atoms. The Morgan fingerprint density at radius 1 is 1.29 bits per heavy atom. The van der Waals surface area contributed by atoms with Crippen molar-refractivity contribution in [3.05, 3.63) is 42.9 Å². The van der Waals surface area contributed by atoms with E-state index in [-0.39, 0.29) is 5.91 Å². The summed E-state index contributed by atoms with van der Waals surface area (Å²) in [6.07, 6.45) is 10.8. The number of hydrogen-bond acceptors (Lipinski definition) is 3. The summed E-state index contributed by atoms with van der Waals surface area (Å²) in [5.41, 5.74) is 0. The van der Waals surface area contributed by atoms with Crippen LogP contribution in [0.2, 0.25) is 0 Å². The number of piperidine rings is 1. The van der Waals surface area contributed by atoms with E-state index in [1.165, 1.54) is 6.39 Å². The lowest BCUT2D eigenvalue weighted by atomic mass is 9.94. The van der Waals surface area contributed by atoms with Gasteiger partial charge in [0.15, 0.2) is 6.39 Å². The lowest BCUT2D eigenvalue weighted by Gasteiger charge is -2.31. The highest BCUT2D eigenvalue weighted by molar-refractivity contribution is 5.76. The van der Waals surface area contributed by atoms with Crippen LogP contribution in [0.1, 0.15) is 37.4 Å². The zero-order valence-electron chi connectivity index (χ0n) is 12.1. The third kappa shape index (κ3) is 3.54. The van der Waals surface area contributed by atoms with Crippen molar-refractivity contribution < 1.29 is 9.21 Å². The highest BCUT2D eigenvalue weighted by Crippen LogP contribution is 2.27. The van der Waals surface area contributed by atoms with Gasteiger partial charge in [-0.2, -0.15) is 0 Å². The van der Waals surface area contributed by atoms with E-state index >= 15 is 0 Å². The molecule has 0 atom stereocenters. The Bertz CT molecular complexity index is 540. The van der Waals surface area contributed by atoms with Gasteiger partial charge in [0.1, 0.15) is 5.76 Å². The number of aryl methyl sites for hydroxylation is 1. The number of carbonyl (C=O) groups is 1. The van der Waals surface area contributed by atoms with Crippen molar-refractivity contribution in [2.24, 2.45) is 0 Å². The molecule has 2 aromatic heterocycles. The topological polar surface area (TPSA) is 51.3 Å². The summed E-state index contributed by atoms with van der Waals surface area (Å²) in [7, 11) is 0. The van der Waals surface area contributed by atoms with Crippen molar-refractivity contribution in [3.8, 4) is 0 Å². The zero-order valence-corrected chi connectivity index (χ0v) is 12.1. The van der Waals surface area contributed by atoms with Crippen molar-refractivity contribution in [1.29, 1.82) is 0 Å². The van der Waals surface area contributed by atoms with Gasteiger partial charge in [-0.3, -0.25) is 4.79 Å². The summed E-state index contributed by atoms with van der Waals surface area (Å²) >= 11 is 0. The molecule has 1 amide bonds. The van der Waals surface area contributed by atoms with Crippen LogP contribution in [-0.2, 0) is 11.3 Å². The molecule has 0 bridgehead atoms. The first-order valence-corrected chi connectivity index (χ1v) is 7.60. The second kappa shape index (κ2) is 6.61. The summed E-state index contributed by atoms with van der Waals surface area (Å²) in [6, 6.07) is 4.02. The predicted molar refractivity (Wildman–Crippen MR) is 78.7 cm³/mol. The molecule has 3 rings (SSSR count). The Balaban J connectivity index is 1.40. The normalized spacial score (nSPS) is 16.3. The minimum absolute atomic E-state index is 0.276. The quantitative estimate of drug-likeness (QED) is 0.849. The van der Waals surface area contributed by atoms with E-state index in [9.17, 15) is 4.79 Å². The summed E-state index contributed by atoms with van der Waals surface area (Å²) in [5.74, 6) is 1.64. The number of rotatable bonds is 5. The number of oxazole rings is 1. The van der Waals surface area contributed by atoms with Crippen molar-refractivity contribution in [3.63, 3.8) is 0 Å². The molecular weight excluding hydrogens is 266 g/mol. The monoisotopic (exact) mass is 287 g/mol. The summed E-state index contributed by atoms with van der Waals surface area (Å²) < 4.78 is 7.47. The molecule has 2 aromatic rings. The van der Waals surface area contributed by atoms with E-state index < -0.39 is 0 Å². The number of carbonyl (C=O) groups excluding carboxylic acids is 1. The van der Waals surface area contributed by atoms with Crippen molar-refractivity contribution in [2.45, 2.75) is 38.1 Å². The first-order chi connectivity index (χ1) is 10.3. The number of hydrogen-bond donors (Lipinski definition) is 0. The van der Waals surface area contributed by atoms with E-state index in [0.717, 1.165) is 44.7 Å². The molecule has 0 saturated carbocycles. The molecule has 1 aliphatic rings. The Morgan fingerprint density at radius 2 is 2.05 bits per heavy atom. The fourth-order valence-electron chi connectivity index (χ4n) is 2.93. The Kier molecular flexibility index (Phi) is 4.38. The third-order valence-electron chi connectivity index (χ3n) is 4.17. The Labute approximate surface area is 124 Å². The summed E-state index contributed by atoms with van der Waals surface area (Å²) in [5, 5.41) is 0. The van der Waals surface area contributed by atoms with Gasteiger partial charge in [0.05, 0.1) is 6.20 Å². The van der Waals surface area contributed by atoms with Crippen LogP contribution < -0.4 is 0 Å². The van der Waals surface area contributed by atoms with Crippen molar-refractivity contribution >= 4 is 5.91 Å². The second-order valence-corrected chi connectivity index (χ2v) is 5.58. The van der Waals surface area contributed by atoms with Gasteiger partial charge in [0.25, 0.3) is 0 Å². The van der Waals surface area contributed by atoms with Crippen LogP contribution in [0.15, 0.2) is 41.5 Å². The maximum absolute atomic E-state index is 12.2. The molecule has 0 aromatic carbocycles. The zero-order chi connectivity index (χ0) is 14.5. The van der Waals surface area contributed by atoms with E-state index in [4.69, 9.17) is 4.42 Å². The minimum Gasteiger partial charge on any atom is -0.448 e. The fraction of sp³-hybridized carbons (Fsp3) is 0.500. The van der Waals surface area contributed by atoms with E-state index in [2.05, 4.69) is 9.55 Å². The minimum atomic E-state index is 0.276. The lowest BCUT2D eigenvalue weighted by Crippen LogP contribution is -2.37. The van der Waals surface area contributed by atoms with E-state index in [1.54, 1.807) is 6.20 Å². The van der Waals surface area contributed by atoms with Crippen molar-refractivity contribution in [2.75, 3.05) is 13.1 Å². The van der Waals surface area contributed by atoms with Crippen molar-refractivity contribution in [1.82, 2.24) is 14.5 Å². The molecule has 1 fully saturated rings. The van der Waals surface area contributed by atoms with Crippen LogP contribution in [0, 0.1) is 0 Å². The number of aromatic nitrogens is 2. The second-order valence-electron chi connectivity index (χ2n) is 5.58. The SMILES string of the molecule is O=C(CCCn1cccc1)N1CCC(c2cnco2)CC1. The van der Waals surface area contributed by atoms with E-state index in [0.29, 0.717) is 12.3 Å². The van der Waals surface area contributed by atoms with Gasteiger partial charge in [-0.25, -0.2) is 4.98 Å². The van der Waals surface area contributed by atoms with Crippen LogP contribution in [0.4, 0.5) is 0 Å². The van der Waals surface area contributed by atoms with Crippen LogP contribution in [-0.4, -0.2) is 33.4 Å². The maximum Gasteiger partial charge on any atom is 0.222 e. The van der Waals surface area contributed by atoms with Gasteiger partial charge in [0, 0.05) is 44.4 Å². The Hall–Kier alpha value is -2.04. The summed E-state index contributed by atoms with van der Waals surface area (Å²) in [4.78, 5) is 18.2. The molecule has 0 aliphatic carbocycles. The Morgan fingerprint density at radius 3 is 2.71 bits per heavy atom. The van der Waals surface area contributed by atoms with Gasteiger partial charge in [-0.1, -0.05) is 0 Å². The molecule has 0 unspecified atom stereocenters. The standard InChI is InChI=1S/C16H21N3O2/c20-16(4-3-9-18-7-1-2-8-18)19-10-5-14(6-11-19)15-12-17-13-21-15/h1-2,7-8,12-14H,3-6,9-11H2. The van der Waals surface area contributed by atoms with Gasteiger partial charge >= 0.3 is 0 Å². The number of likely N-dealkylation sites (tertiary alicyclic amines) is 1. The first kappa shape index (κ1) is 13.9. The van der Waals surface area contributed by atoms with E-state index in [1.807, 2.05) is 29.4 Å². The molecule has 21 heavy (non-hydrogen) atoms. The fourth-order valence-corrected chi connectivity index (χ4v) is 2.93. The number of amides is 1. The first-order valence-electron chi connectivity index (χ1n) is 7.60. The average Bonchev–Trinajstić information content (AvgIpc) is 3.21. The predicted octanol–water partition coefficient (Wildman–Crippen LogP) is 2.66. The molecular formula is C16H21N3O2. The third-order valence-corrected chi connectivity index (χ3v) is 4.17.